The lowest BCUT2D eigenvalue weighted by atomic mass is 10.1. The number of fused-ring (bicyclic) bond motifs is 1. The number of carbonyl (C=O) groups excluding carboxylic acids is 1. The normalized spacial score (nSPS) is 16.2. The van der Waals surface area contributed by atoms with Crippen LogP contribution in [0.4, 0.5) is 5.69 Å². The van der Waals surface area contributed by atoms with Crippen molar-refractivity contribution in [3.05, 3.63) is 65.7 Å². The molecule has 1 aliphatic rings. The summed E-state index contributed by atoms with van der Waals surface area (Å²) in [6.45, 7) is 3.72. The second-order valence-electron chi connectivity index (χ2n) is 6.21. The zero-order chi connectivity index (χ0) is 16.1. The van der Waals surface area contributed by atoms with E-state index in [0.29, 0.717) is 19.0 Å². The molecule has 1 heterocycles. The number of benzene rings is 2. The zero-order valence-corrected chi connectivity index (χ0v) is 13.7. The summed E-state index contributed by atoms with van der Waals surface area (Å²) in [6.07, 6.45) is 2.51. The molecule has 1 unspecified atom stereocenters. The fourth-order valence-electron chi connectivity index (χ4n) is 3.27. The number of nitrogens with zero attached hydrogens (tertiary/aromatic N) is 1. The van der Waals surface area contributed by atoms with E-state index < -0.39 is 0 Å². The summed E-state index contributed by atoms with van der Waals surface area (Å²) in [5, 5.41) is 3.03. The number of para-hydroxylation sites is 1. The average Bonchev–Trinajstić information content (AvgIpc) is 2.89. The molecule has 120 valence electrons. The molecule has 23 heavy (non-hydrogen) atoms. The Morgan fingerprint density at radius 1 is 1.13 bits per heavy atom. The molecule has 1 amide bonds. The van der Waals surface area contributed by atoms with Crippen LogP contribution < -0.4 is 10.2 Å². The van der Waals surface area contributed by atoms with E-state index in [1.165, 1.54) is 16.8 Å². The quantitative estimate of drug-likeness (QED) is 0.889. The molecule has 0 radical (unpaired) electrons. The number of anilines is 1. The maximum atomic E-state index is 12.1. The maximum Gasteiger partial charge on any atom is 0.221 e. The first kappa shape index (κ1) is 15.6. The van der Waals surface area contributed by atoms with Gasteiger partial charge in [-0.1, -0.05) is 48.5 Å². The van der Waals surface area contributed by atoms with E-state index in [-0.39, 0.29) is 5.91 Å². The Morgan fingerprint density at radius 3 is 2.70 bits per heavy atom. The number of carbonyl (C=O) groups is 1. The zero-order valence-electron chi connectivity index (χ0n) is 13.7. The molecule has 0 bridgehead atoms. The largest absolute Gasteiger partial charge is 0.368 e. The van der Waals surface area contributed by atoms with Crippen molar-refractivity contribution in [2.24, 2.45) is 0 Å². The van der Waals surface area contributed by atoms with E-state index >= 15 is 0 Å². The molecule has 0 fully saturated rings. The van der Waals surface area contributed by atoms with Crippen molar-refractivity contribution in [2.45, 2.75) is 32.2 Å². The highest BCUT2D eigenvalue weighted by Crippen LogP contribution is 2.31. The van der Waals surface area contributed by atoms with Crippen LogP contribution in [0.15, 0.2) is 54.6 Å². The standard InChI is InChI=1S/C20H24N2O/c1-16-15-18-9-5-6-10-19(18)22(16)14-12-20(23)21-13-11-17-7-3-2-4-8-17/h2-10,16H,11-15H2,1H3,(H,21,23). The smallest absolute Gasteiger partial charge is 0.221 e. The van der Waals surface area contributed by atoms with E-state index in [9.17, 15) is 4.79 Å². The molecule has 0 aliphatic carbocycles. The molecule has 3 heteroatoms. The topological polar surface area (TPSA) is 32.3 Å². The van der Waals surface area contributed by atoms with Gasteiger partial charge < -0.3 is 10.2 Å². The summed E-state index contributed by atoms with van der Waals surface area (Å²) in [6, 6.07) is 19.2. The number of amides is 1. The molecule has 3 nitrogen and oxygen atoms in total. The Kier molecular flexibility index (Phi) is 4.96. The van der Waals surface area contributed by atoms with Crippen LogP contribution in [0.25, 0.3) is 0 Å². The predicted molar refractivity (Wildman–Crippen MR) is 94.7 cm³/mol. The minimum atomic E-state index is 0.137. The third-order valence-electron chi connectivity index (χ3n) is 4.51. The highest BCUT2D eigenvalue weighted by Gasteiger charge is 2.25. The van der Waals surface area contributed by atoms with Gasteiger partial charge >= 0.3 is 0 Å². The minimum absolute atomic E-state index is 0.137. The van der Waals surface area contributed by atoms with Gasteiger partial charge in [-0.15, -0.1) is 0 Å². The van der Waals surface area contributed by atoms with Crippen molar-refractivity contribution in [1.82, 2.24) is 5.32 Å². The molecule has 0 saturated carbocycles. The number of rotatable bonds is 6. The minimum Gasteiger partial charge on any atom is -0.368 e. The van der Waals surface area contributed by atoms with Gasteiger partial charge in [-0.05, 0) is 37.0 Å². The molecule has 1 N–H and O–H groups in total. The van der Waals surface area contributed by atoms with Gasteiger partial charge in [0.2, 0.25) is 5.91 Å². The molecule has 2 aromatic carbocycles. The molecular weight excluding hydrogens is 284 g/mol. The van der Waals surface area contributed by atoms with Crippen LogP contribution in [-0.4, -0.2) is 25.0 Å². The van der Waals surface area contributed by atoms with Gasteiger partial charge in [0.25, 0.3) is 0 Å². The summed E-state index contributed by atoms with van der Waals surface area (Å²) in [4.78, 5) is 14.4. The molecular formula is C20H24N2O. The molecule has 3 rings (SSSR count). The third kappa shape index (κ3) is 3.92. The van der Waals surface area contributed by atoms with Crippen LogP contribution in [0.3, 0.4) is 0 Å². The fraction of sp³-hybridized carbons (Fsp3) is 0.350. The first-order valence-electron chi connectivity index (χ1n) is 8.39. The molecule has 0 saturated heterocycles. The Bertz CT molecular complexity index is 654. The van der Waals surface area contributed by atoms with Crippen LogP contribution in [0, 0.1) is 0 Å². The second-order valence-corrected chi connectivity index (χ2v) is 6.21. The van der Waals surface area contributed by atoms with E-state index in [0.717, 1.165) is 19.4 Å². The SMILES string of the molecule is CC1Cc2ccccc2N1CCC(=O)NCCc1ccccc1. The summed E-state index contributed by atoms with van der Waals surface area (Å²) in [5.74, 6) is 0.137. The lowest BCUT2D eigenvalue weighted by Crippen LogP contribution is -2.34. The first-order chi connectivity index (χ1) is 11.2. The Balaban J connectivity index is 1.44. The Labute approximate surface area is 138 Å². The molecule has 1 aliphatic heterocycles. The van der Waals surface area contributed by atoms with Crippen molar-refractivity contribution in [3.63, 3.8) is 0 Å². The van der Waals surface area contributed by atoms with E-state index in [4.69, 9.17) is 0 Å². The maximum absolute atomic E-state index is 12.1. The van der Waals surface area contributed by atoms with Crippen molar-refractivity contribution in [3.8, 4) is 0 Å². The third-order valence-corrected chi connectivity index (χ3v) is 4.51. The van der Waals surface area contributed by atoms with Crippen molar-refractivity contribution in [2.75, 3.05) is 18.0 Å². The fourth-order valence-corrected chi connectivity index (χ4v) is 3.27. The second kappa shape index (κ2) is 7.32. The van der Waals surface area contributed by atoms with Gasteiger partial charge in [-0.25, -0.2) is 0 Å². The van der Waals surface area contributed by atoms with Crippen molar-refractivity contribution < 1.29 is 4.79 Å². The summed E-state index contributed by atoms with van der Waals surface area (Å²) in [5.41, 5.74) is 3.94. The predicted octanol–water partition coefficient (Wildman–Crippen LogP) is 3.19. The van der Waals surface area contributed by atoms with Crippen LogP contribution in [0.2, 0.25) is 0 Å². The van der Waals surface area contributed by atoms with Gasteiger partial charge in [0.15, 0.2) is 0 Å². The van der Waals surface area contributed by atoms with Crippen LogP contribution in [-0.2, 0) is 17.6 Å². The van der Waals surface area contributed by atoms with Crippen molar-refractivity contribution >= 4 is 11.6 Å². The Morgan fingerprint density at radius 2 is 1.87 bits per heavy atom. The summed E-state index contributed by atoms with van der Waals surface area (Å²) in [7, 11) is 0. The number of nitrogens with one attached hydrogen (secondary N) is 1. The average molecular weight is 308 g/mol. The van der Waals surface area contributed by atoms with Gasteiger partial charge in [0, 0.05) is 31.2 Å². The van der Waals surface area contributed by atoms with Crippen LogP contribution in [0.5, 0.6) is 0 Å². The Hall–Kier alpha value is -2.29. The molecule has 1 atom stereocenters. The van der Waals surface area contributed by atoms with Crippen molar-refractivity contribution in [1.29, 1.82) is 0 Å². The monoisotopic (exact) mass is 308 g/mol. The number of hydrogen-bond donors (Lipinski definition) is 1. The first-order valence-corrected chi connectivity index (χ1v) is 8.39. The van der Waals surface area contributed by atoms with Gasteiger partial charge in [0.1, 0.15) is 0 Å². The van der Waals surface area contributed by atoms with Crippen LogP contribution >= 0.6 is 0 Å². The van der Waals surface area contributed by atoms with E-state index in [1.54, 1.807) is 0 Å². The highest BCUT2D eigenvalue weighted by molar-refractivity contribution is 5.76. The van der Waals surface area contributed by atoms with E-state index in [1.807, 2.05) is 18.2 Å². The van der Waals surface area contributed by atoms with Gasteiger partial charge in [0.05, 0.1) is 0 Å². The van der Waals surface area contributed by atoms with Gasteiger partial charge in [-0.3, -0.25) is 4.79 Å². The summed E-state index contributed by atoms with van der Waals surface area (Å²) >= 11 is 0. The summed E-state index contributed by atoms with van der Waals surface area (Å²) < 4.78 is 0. The number of hydrogen-bond acceptors (Lipinski definition) is 2. The lowest BCUT2D eigenvalue weighted by molar-refractivity contribution is -0.120. The van der Waals surface area contributed by atoms with Crippen LogP contribution in [0.1, 0.15) is 24.5 Å². The molecule has 0 spiro atoms. The molecule has 0 aromatic heterocycles. The highest BCUT2D eigenvalue weighted by atomic mass is 16.1. The van der Waals surface area contributed by atoms with Gasteiger partial charge in [-0.2, -0.15) is 0 Å². The van der Waals surface area contributed by atoms with E-state index in [2.05, 4.69) is 53.5 Å². The molecule has 2 aromatic rings. The lowest BCUT2D eigenvalue weighted by Gasteiger charge is -2.24.